The summed E-state index contributed by atoms with van der Waals surface area (Å²) in [5, 5.41) is 29.5. The number of aromatic hydroxyl groups is 1. The molecule has 0 saturated carbocycles. The smallest absolute Gasteiger partial charge is 0.311 e. The van der Waals surface area contributed by atoms with Gasteiger partial charge in [0.15, 0.2) is 5.75 Å². The normalized spacial score (nSPS) is 11.0. The number of aryl methyl sites for hydroxylation is 1. The molecule has 5 nitrogen and oxygen atoms in total. The molecule has 0 aromatic heterocycles. The van der Waals surface area contributed by atoms with E-state index in [1.807, 2.05) is 31.2 Å². The molecule has 0 aliphatic carbocycles. The van der Waals surface area contributed by atoms with E-state index in [-0.39, 0.29) is 5.69 Å². The Kier molecular flexibility index (Phi) is 4.00. The van der Waals surface area contributed by atoms with Crippen LogP contribution in [0.2, 0.25) is 0 Å². The lowest BCUT2D eigenvalue weighted by Gasteiger charge is -2.02. The maximum atomic E-state index is 10.8. The predicted octanol–water partition coefficient (Wildman–Crippen LogP) is 3.67. The molecule has 0 aliphatic rings. The second-order valence-corrected chi connectivity index (χ2v) is 4.54. The summed E-state index contributed by atoms with van der Waals surface area (Å²) in [5.41, 5.74) is 2.31. The lowest BCUT2D eigenvalue weighted by molar-refractivity contribution is -0.385. The number of benzene rings is 2. The highest BCUT2D eigenvalue weighted by Gasteiger charge is 2.13. The van der Waals surface area contributed by atoms with Crippen molar-refractivity contribution in [3.8, 4) is 11.8 Å². The standard InChI is InChI=1S/C16H12N2O3/c1-11-2-5-13(6-3-11)14(10-17)8-12-4-7-16(19)15(9-12)18(20)21/h2-9,19H,1H3/b14-8-. The van der Waals surface area contributed by atoms with E-state index in [1.165, 1.54) is 18.2 Å². The predicted molar refractivity (Wildman–Crippen MR) is 79.4 cm³/mol. The van der Waals surface area contributed by atoms with E-state index < -0.39 is 10.7 Å². The SMILES string of the molecule is Cc1ccc(/C(C#N)=C\c2ccc(O)c([N+](=O)[O-])c2)cc1. The Hall–Kier alpha value is -3.13. The van der Waals surface area contributed by atoms with Crippen LogP contribution in [0.3, 0.4) is 0 Å². The highest BCUT2D eigenvalue weighted by molar-refractivity contribution is 5.90. The molecule has 0 atom stereocenters. The molecule has 0 aliphatic heterocycles. The number of nitro benzene ring substituents is 1. The summed E-state index contributed by atoms with van der Waals surface area (Å²) >= 11 is 0. The molecule has 104 valence electrons. The zero-order chi connectivity index (χ0) is 15.4. The van der Waals surface area contributed by atoms with Crippen molar-refractivity contribution in [1.82, 2.24) is 0 Å². The van der Waals surface area contributed by atoms with E-state index in [0.717, 1.165) is 11.1 Å². The summed E-state index contributed by atoms with van der Waals surface area (Å²) in [4.78, 5) is 10.1. The summed E-state index contributed by atoms with van der Waals surface area (Å²) in [6, 6.07) is 13.5. The number of allylic oxidation sites excluding steroid dienone is 1. The van der Waals surface area contributed by atoms with Gasteiger partial charge in [-0.1, -0.05) is 35.9 Å². The number of nitriles is 1. The van der Waals surface area contributed by atoms with Crippen LogP contribution in [-0.4, -0.2) is 10.0 Å². The lowest BCUT2D eigenvalue weighted by atomic mass is 10.0. The Morgan fingerprint density at radius 2 is 1.95 bits per heavy atom. The molecule has 0 amide bonds. The maximum absolute atomic E-state index is 10.8. The molecule has 2 aromatic rings. The van der Waals surface area contributed by atoms with Crippen molar-refractivity contribution < 1.29 is 10.0 Å². The quantitative estimate of drug-likeness (QED) is 0.402. The van der Waals surface area contributed by atoms with Crippen LogP contribution in [0.1, 0.15) is 16.7 Å². The first kappa shape index (κ1) is 14.3. The zero-order valence-electron chi connectivity index (χ0n) is 11.3. The third-order valence-electron chi connectivity index (χ3n) is 2.99. The summed E-state index contributed by atoms with van der Waals surface area (Å²) in [7, 11) is 0. The Labute approximate surface area is 121 Å². The third-order valence-corrected chi connectivity index (χ3v) is 2.99. The molecule has 0 unspecified atom stereocenters. The molecule has 5 heteroatoms. The number of rotatable bonds is 3. The van der Waals surface area contributed by atoms with Crippen LogP contribution < -0.4 is 0 Å². The van der Waals surface area contributed by atoms with E-state index in [9.17, 15) is 20.5 Å². The number of hydrogen-bond acceptors (Lipinski definition) is 4. The highest BCUT2D eigenvalue weighted by atomic mass is 16.6. The van der Waals surface area contributed by atoms with Crippen molar-refractivity contribution in [2.45, 2.75) is 6.92 Å². The van der Waals surface area contributed by atoms with E-state index in [1.54, 1.807) is 6.08 Å². The second-order valence-electron chi connectivity index (χ2n) is 4.54. The van der Waals surface area contributed by atoms with Crippen molar-refractivity contribution in [3.05, 3.63) is 69.3 Å². The van der Waals surface area contributed by atoms with Gasteiger partial charge in [-0.2, -0.15) is 5.26 Å². The minimum Gasteiger partial charge on any atom is -0.502 e. The highest BCUT2D eigenvalue weighted by Crippen LogP contribution is 2.28. The molecule has 2 aromatic carbocycles. The van der Waals surface area contributed by atoms with Crippen LogP contribution in [0.4, 0.5) is 5.69 Å². The molecule has 0 radical (unpaired) electrons. The van der Waals surface area contributed by atoms with E-state index in [4.69, 9.17) is 0 Å². The summed E-state index contributed by atoms with van der Waals surface area (Å²) in [6.07, 6.45) is 1.55. The van der Waals surface area contributed by atoms with Gasteiger partial charge in [0.25, 0.3) is 0 Å². The Bertz CT molecular complexity index is 756. The molecular weight excluding hydrogens is 268 g/mol. The van der Waals surface area contributed by atoms with Gasteiger partial charge in [0.05, 0.1) is 16.6 Å². The molecule has 0 fully saturated rings. The second kappa shape index (κ2) is 5.88. The lowest BCUT2D eigenvalue weighted by Crippen LogP contribution is -1.89. The summed E-state index contributed by atoms with van der Waals surface area (Å²) in [5.74, 6) is -0.397. The molecule has 0 bridgehead atoms. The number of phenolic OH excluding ortho intramolecular Hbond substituents is 1. The number of nitrogens with zero attached hydrogens (tertiary/aromatic N) is 2. The van der Waals surface area contributed by atoms with Crippen molar-refractivity contribution in [3.63, 3.8) is 0 Å². The first-order valence-electron chi connectivity index (χ1n) is 6.17. The van der Waals surface area contributed by atoms with Crippen molar-refractivity contribution in [2.75, 3.05) is 0 Å². The van der Waals surface area contributed by atoms with Gasteiger partial charge in [-0.05, 0) is 30.2 Å². The first-order valence-corrected chi connectivity index (χ1v) is 6.17. The van der Waals surface area contributed by atoms with E-state index in [2.05, 4.69) is 6.07 Å². The minimum absolute atomic E-state index is 0.384. The van der Waals surface area contributed by atoms with Gasteiger partial charge in [0.1, 0.15) is 0 Å². The fourth-order valence-electron chi connectivity index (χ4n) is 1.86. The van der Waals surface area contributed by atoms with Gasteiger partial charge < -0.3 is 5.11 Å². The molecule has 21 heavy (non-hydrogen) atoms. The number of phenols is 1. The number of hydrogen-bond donors (Lipinski definition) is 1. The van der Waals surface area contributed by atoms with Crippen LogP contribution in [0, 0.1) is 28.4 Å². The third kappa shape index (κ3) is 3.25. The van der Waals surface area contributed by atoms with Crippen molar-refractivity contribution >= 4 is 17.3 Å². The largest absolute Gasteiger partial charge is 0.502 e. The van der Waals surface area contributed by atoms with Gasteiger partial charge in [0, 0.05) is 6.07 Å². The average Bonchev–Trinajstić information content (AvgIpc) is 2.47. The first-order chi connectivity index (χ1) is 10.0. The Morgan fingerprint density at radius 3 is 2.52 bits per heavy atom. The van der Waals surface area contributed by atoms with Gasteiger partial charge in [-0.25, -0.2) is 0 Å². The summed E-state index contributed by atoms with van der Waals surface area (Å²) < 4.78 is 0. The van der Waals surface area contributed by atoms with Gasteiger partial charge in [-0.15, -0.1) is 0 Å². The van der Waals surface area contributed by atoms with Crippen LogP contribution in [0.5, 0.6) is 5.75 Å². The molecular formula is C16H12N2O3. The molecule has 0 saturated heterocycles. The van der Waals surface area contributed by atoms with Crippen LogP contribution in [0.15, 0.2) is 42.5 Å². The van der Waals surface area contributed by atoms with Crippen molar-refractivity contribution in [1.29, 1.82) is 5.26 Å². The Morgan fingerprint density at radius 1 is 1.29 bits per heavy atom. The van der Waals surface area contributed by atoms with E-state index in [0.29, 0.717) is 11.1 Å². The van der Waals surface area contributed by atoms with Crippen LogP contribution in [0.25, 0.3) is 11.6 Å². The van der Waals surface area contributed by atoms with E-state index >= 15 is 0 Å². The zero-order valence-corrected chi connectivity index (χ0v) is 11.3. The van der Waals surface area contributed by atoms with Gasteiger partial charge in [0.2, 0.25) is 0 Å². The molecule has 1 N–H and O–H groups in total. The molecule has 0 heterocycles. The fraction of sp³-hybridized carbons (Fsp3) is 0.0625. The van der Waals surface area contributed by atoms with Crippen LogP contribution in [-0.2, 0) is 0 Å². The molecule has 0 spiro atoms. The monoisotopic (exact) mass is 280 g/mol. The maximum Gasteiger partial charge on any atom is 0.311 e. The topological polar surface area (TPSA) is 87.2 Å². The average molecular weight is 280 g/mol. The van der Waals surface area contributed by atoms with Crippen LogP contribution >= 0.6 is 0 Å². The van der Waals surface area contributed by atoms with Gasteiger partial charge in [-0.3, -0.25) is 10.1 Å². The Balaban J connectivity index is 2.46. The van der Waals surface area contributed by atoms with Gasteiger partial charge >= 0.3 is 5.69 Å². The van der Waals surface area contributed by atoms with Crippen molar-refractivity contribution in [2.24, 2.45) is 0 Å². The minimum atomic E-state index is -0.662. The number of nitro groups is 1. The molecule has 2 rings (SSSR count). The fourth-order valence-corrected chi connectivity index (χ4v) is 1.86. The summed E-state index contributed by atoms with van der Waals surface area (Å²) in [6.45, 7) is 1.95.